The largest absolute Gasteiger partial charge is 0.309 e. The lowest BCUT2D eigenvalue weighted by atomic mass is 10.0. The van der Waals surface area contributed by atoms with Gasteiger partial charge in [-0.05, 0) is 71.8 Å². The van der Waals surface area contributed by atoms with Crippen molar-refractivity contribution in [3.63, 3.8) is 0 Å². The molecule has 4 heteroatoms. The molecule has 0 radical (unpaired) electrons. The third-order valence-electron chi connectivity index (χ3n) is 8.94. The van der Waals surface area contributed by atoms with Gasteiger partial charge in [-0.15, -0.1) is 0 Å². The first-order valence-corrected chi connectivity index (χ1v) is 15.4. The Morgan fingerprint density at radius 1 is 0.457 bits per heavy atom. The molecule has 0 saturated carbocycles. The Morgan fingerprint density at radius 3 is 1.93 bits per heavy atom. The van der Waals surface area contributed by atoms with E-state index < -0.39 is 0 Å². The second kappa shape index (κ2) is 10.3. The van der Waals surface area contributed by atoms with Gasteiger partial charge < -0.3 is 9.13 Å². The van der Waals surface area contributed by atoms with Gasteiger partial charge in [-0.2, -0.15) is 5.26 Å². The van der Waals surface area contributed by atoms with Crippen molar-refractivity contribution < 1.29 is 0 Å². The minimum Gasteiger partial charge on any atom is -0.309 e. The molecule has 0 aliphatic rings. The molecule has 6 aromatic carbocycles. The Bertz CT molecular complexity index is 2650. The number of para-hydroxylation sites is 3. The van der Waals surface area contributed by atoms with Crippen molar-refractivity contribution in [3.8, 4) is 39.8 Å². The molecule has 0 aliphatic carbocycles. The maximum absolute atomic E-state index is 9.37. The van der Waals surface area contributed by atoms with Crippen molar-refractivity contribution in [2.75, 3.05) is 0 Å². The Morgan fingerprint density at radius 2 is 1.11 bits per heavy atom. The monoisotopic (exact) mass is 586 g/mol. The number of hydrogen-bond acceptors (Lipinski definition) is 2. The average molecular weight is 587 g/mol. The third-order valence-corrected chi connectivity index (χ3v) is 8.94. The van der Waals surface area contributed by atoms with E-state index in [-0.39, 0.29) is 0 Å². The highest BCUT2D eigenvalue weighted by Gasteiger charge is 2.20. The molecule has 3 aromatic heterocycles. The normalized spacial score (nSPS) is 11.5. The number of benzene rings is 6. The van der Waals surface area contributed by atoms with Crippen LogP contribution in [0.5, 0.6) is 0 Å². The molecule has 214 valence electrons. The van der Waals surface area contributed by atoms with Gasteiger partial charge in [0.15, 0.2) is 0 Å². The summed E-state index contributed by atoms with van der Waals surface area (Å²) in [5, 5.41) is 14.3. The van der Waals surface area contributed by atoms with E-state index in [9.17, 15) is 5.26 Å². The summed E-state index contributed by atoms with van der Waals surface area (Å²) in [4.78, 5) is 4.53. The highest BCUT2D eigenvalue weighted by atomic mass is 15.0. The summed E-state index contributed by atoms with van der Waals surface area (Å²) in [6.45, 7) is 0. The predicted octanol–water partition coefficient (Wildman–Crippen LogP) is 10.5. The van der Waals surface area contributed by atoms with Crippen LogP contribution in [0, 0.1) is 11.3 Å². The average Bonchev–Trinajstić information content (AvgIpc) is 3.65. The number of fused-ring (bicyclic) bond motifs is 7. The highest BCUT2D eigenvalue weighted by molar-refractivity contribution is 6.26. The molecule has 0 atom stereocenters. The second-order valence-corrected chi connectivity index (χ2v) is 11.5. The van der Waals surface area contributed by atoms with Crippen molar-refractivity contribution in [1.29, 1.82) is 5.26 Å². The Kier molecular flexibility index (Phi) is 5.84. The molecule has 9 rings (SSSR count). The number of nitrogens with zero attached hydrogens (tertiary/aromatic N) is 4. The summed E-state index contributed by atoms with van der Waals surface area (Å²) in [7, 11) is 0. The van der Waals surface area contributed by atoms with Crippen LogP contribution >= 0.6 is 0 Å². The summed E-state index contributed by atoms with van der Waals surface area (Å²) in [5.41, 5.74) is 11.4. The van der Waals surface area contributed by atoms with Gasteiger partial charge in [0, 0.05) is 38.5 Å². The summed E-state index contributed by atoms with van der Waals surface area (Å²) in [6.07, 6.45) is 0. The van der Waals surface area contributed by atoms with E-state index in [4.69, 9.17) is 0 Å². The van der Waals surface area contributed by atoms with E-state index in [2.05, 4.69) is 154 Å². The number of rotatable bonds is 4. The lowest BCUT2D eigenvalue weighted by molar-refractivity contribution is 1.17. The number of hydrogen-bond donors (Lipinski definition) is 0. The molecular weight excluding hydrogens is 560 g/mol. The molecule has 0 saturated heterocycles. The van der Waals surface area contributed by atoms with Crippen LogP contribution in [0.2, 0.25) is 0 Å². The maximum atomic E-state index is 9.37. The first-order chi connectivity index (χ1) is 22.8. The highest BCUT2D eigenvalue weighted by Crippen LogP contribution is 2.42. The van der Waals surface area contributed by atoms with E-state index in [0.717, 1.165) is 39.3 Å². The smallest absolute Gasteiger partial charge is 0.141 e. The maximum Gasteiger partial charge on any atom is 0.141 e. The van der Waals surface area contributed by atoms with E-state index in [1.54, 1.807) is 6.07 Å². The third kappa shape index (κ3) is 3.96. The SMILES string of the molecule is N#Cc1cccc(-c2cccc(-c3cccc(-n4c5ccccc5c5c4ccc4c6ccccc6n(-c6ccccc6)c45)c3)c2)n1. The van der Waals surface area contributed by atoms with Crippen molar-refractivity contribution in [2.45, 2.75) is 0 Å². The first-order valence-electron chi connectivity index (χ1n) is 15.4. The zero-order valence-corrected chi connectivity index (χ0v) is 24.8. The Balaban J connectivity index is 1.29. The summed E-state index contributed by atoms with van der Waals surface area (Å²) < 4.78 is 4.81. The summed E-state index contributed by atoms with van der Waals surface area (Å²) in [5.74, 6) is 0. The fourth-order valence-electron chi connectivity index (χ4n) is 6.97. The van der Waals surface area contributed by atoms with Crippen LogP contribution in [0.15, 0.2) is 158 Å². The number of aromatic nitrogens is 3. The van der Waals surface area contributed by atoms with Crippen LogP contribution in [0.4, 0.5) is 0 Å². The van der Waals surface area contributed by atoms with Crippen LogP contribution in [-0.4, -0.2) is 14.1 Å². The molecule has 0 fully saturated rings. The fraction of sp³-hybridized carbons (Fsp3) is 0. The van der Waals surface area contributed by atoms with Crippen LogP contribution in [0.1, 0.15) is 5.69 Å². The summed E-state index contributed by atoms with van der Waals surface area (Å²) in [6, 6.07) is 57.5. The van der Waals surface area contributed by atoms with Crippen molar-refractivity contribution in [2.24, 2.45) is 0 Å². The van der Waals surface area contributed by atoms with Crippen molar-refractivity contribution in [3.05, 3.63) is 163 Å². The standard InChI is InChI=1S/C42H26N4/c43-27-31-14-10-20-37(44-31)30-13-8-11-28(25-30)29-12-9-17-33(26-29)45-39-22-7-5-19-36(39)41-40(45)24-23-35-34-18-4-6-21-38(34)46(42(35)41)32-15-2-1-3-16-32/h1-26H. The molecule has 0 aliphatic heterocycles. The van der Waals surface area contributed by atoms with E-state index >= 15 is 0 Å². The molecular formula is C42H26N4. The van der Waals surface area contributed by atoms with Crippen molar-refractivity contribution >= 4 is 43.6 Å². The van der Waals surface area contributed by atoms with E-state index in [1.165, 1.54) is 38.1 Å². The zero-order valence-electron chi connectivity index (χ0n) is 24.8. The Hall–Kier alpha value is -6.44. The molecule has 0 bridgehead atoms. The minimum absolute atomic E-state index is 0.414. The molecule has 0 amide bonds. The van der Waals surface area contributed by atoms with E-state index in [0.29, 0.717) is 5.69 Å². The van der Waals surface area contributed by atoms with Crippen LogP contribution in [0.3, 0.4) is 0 Å². The lowest BCUT2D eigenvalue weighted by Gasteiger charge is -2.12. The Labute approximate surface area is 265 Å². The van der Waals surface area contributed by atoms with Gasteiger partial charge in [-0.3, -0.25) is 0 Å². The first kappa shape index (κ1) is 26.0. The fourth-order valence-corrected chi connectivity index (χ4v) is 6.97. The van der Waals surface area contributed by atoms with Gasteiger partial charge in [0.05, 0.1) is 27.8 Å². The van der Waals surface area contributed by atoms with Crippen molar-refractivity contribution in [1.82, 2.24) is 14.1 Å². The van der Waals surface area contributed by atoms with Gasteiger partial charge in [0.1, 0.15) is 11.8 Å². The topological polar surface area (TPSA) is 46.5 Å². The molecule has 9 aromatic rings. The van der Waals surface area contributed by atoms with Gasteiger partial charge in [-0.1, -0.05) is 97.1 Å². The second-order valence-electron chi connectivity index (χ2n) is 11.5. The van der Waals surface area contributed by atoms with Crippen LogP contribution in [-0.2, 0) is 0 Å². The molecule has 4 nitrogen and oxygen atoms in total. The van der Waals surface area contributed by atoms with Gasteiger partial charge in [-0.25, -0.2) is 4.98 Å². The van der Waals surface area contributed by atoms with E-state index in [1.807, 2.05) is 18.2 Å². The molecule has 0 unspecified atom stereocenters. The molecule has 0 spiro atoms. The quantitative estimate of drug-likeness (QED) is 0.206. The molecule has 46 heavy (non-hydrogen) atoms. The predicted molar refractivity (Wildman–Crippen MR) is 189 cm³/mol. The lowest BCUT2D eigenvalue weighted by Crippen LogP contribution is -1.95. The molecule has 3 heterocycles. The van der Waals surface area contributed by atoms with Gasteiger partial charge >= 0.3 is 0 Å². The summed E-state index contributed by atoms with van der Waals surface area (Å²) >= 11 is 0. The van der Waals surface area contributed by atoms with Gasteiger partial charge in [0.25, 0.3) is 0 Å². The van der Waals surface area contributed by atoms with Gasteiger partial charge in [0.2, 0.25) is 0 Å². The van der Waals surface area contributed by atoms with Crippen LogP contribution in [0.25, 0.3) is 77.4 Å². The molecule has 0 N–H and O–H groups in total. The zero-order chi connectivity index (χ0) is 30.6. The number of nitriles is 1. The number of pyridine rings is 1. The van der Waals surface area contributed by atoms with Crippen LogP contribution < -0.4 is 0 Å². The minimum atomic E-state index is 0.414.